The largest absolute Gasteiger partial charge is 0.381 e. The Hall–Kier alpha value is -1.92. The normalized spacial score (nSPS) is 15.5. The molecule has 1 aliphatic carbocycles. The van der Waals surface area contributed by atoms with E-state index in [-0.39, 0.29) is 5.92 Å². The van der Waals surface area contributed by atoms with Crippen LogP contribution in [0, 0.1) is 0 Å². The van der Waals surface area contributed by atoms with Crippen LogP contribution < -0.4 is 5.73 Å². The molecule has 0 saturated heterocycles. The third kappa shape index (κ3) is 1.96. The highest BCUT2D eigenvalue weighted by molar-refractivity contribution is 5.38. The molecular formula is C11H16N6O. The van der Waals surface area contributed by atoms with Gasteiger partial charge in [0.2, 0.25) is 5.89 Å². The highest BCUT2D eigenvalue weighted by Gasteiger charge is 2.31. The lowest BCUT2D eigenvalue weighted by molar-refractivity contribution is 0.359. The molecule has 2 N–H and O–H groups in total. The van der Waals surface area contributed by atoms with Gasteiger partial charge in [0.05, 0.1) is 5.69 Å². The van der Waals surface area contributed by atoms with Crippen LogP contribution in [0.5, 0.6) is 0 Å². The van der Waals surface area contributed by atoms with E-state index in [9.17, 15) is 0 Å². The second-order valence-corrected chi connectivity index (χ2v) is 5.00. The third-order valence-corrected chi connectivity index (χ3v) is 3.03. The van der Waals surface area contributed by atoms with E-state index in [1.807, 2.05) is 13.8 Å². The molecular weight excluding hydrogens is 232 g/mol. The molecule has 0 unspecified atom stereocenters. The van der Waals surface area contributed by atoms with Crippen molar-refractivity contribution in [2.75, 3.05) is 5.73 Å². The summed E-state index contributed by atoms with van der Waals surface area (Å²) in [7, 11) is 0. The van der Waals surface area contributed by atoms with Crippen LogP contribution in [0.15, 0.2) is 4.52 Å². The Balaban J connectivity index is 1.83. The smallest absolute Gasteiger partial charge is 0.229 e. The van der Waals surface area contributed by atoms with Crippen molar-refractivity contribution in [3.05, 3.63) is 17.4 Å². The summed E-state index contributed by atoms with van der Waals surface area (Å²) in [5.74, 6) is 2.51. The zero-order valence-electron chi connectivity index (χ0n) is 10.5. The Bertz CT molecular complexity index is 554. The summed E-state index contributed by atoms with van der Waals surface area (Å²) in [6.45, 7) is 4.49. The predicted octanol–water partition coefficient (Wildman–Crippen LogP) is 1.29. The lowest BCUT2D eigenvalue weighted by Gasteiger charge is -2.01. The average molecular weight is 248 g/mol. The molecule has 2 heterocycles. The highest BCUT2D eigenvalue weighted by atomic mass is 16.5. The fraction of sp³-hybridized carbons (Fsp3) is 0.636. The monoisotopic (exact) mass is 248 g/mol. The summed E-state index contributed by atoms with van der Waals surface area (Å²) in [5, 5.41) is 11.9. The second-order valence-electron chi connectivity index (χ2n) is 5.00. The van der Waals surface area contributed by atoms with Gasteiger partial charge >= 0.3 is 0 Å². The summed E-state index contributed by atoms with van der Waals surface area (Å²) >= 11 is 0. The Morgan fingerprint density at radius 3 is 2.83 bits per heavy atom. The van der Waals surface area contributed by atoms with Gasteiger partial charge in [0.15, 0.2) is 11.6 Å². The fourth-order valence-electron chi connectivity index (χ4n) is 1.93. The zero-order chi connectivity index (χ0) is 12.7. The van der Waals surface area contributed by atoms with E-state index in [1.54, 1.807) is 4.68 Å². The van der Waals surface area contributed by atoms with Gasteiger partial charge in [-0.25, -0.2) is 4.68 Å². The molecule has 0 aliphatic heterocycles. The number of nitrogens with zero attached hydrogens (tertiary/aromatic N) is 5. The van der Waals surface area contributed by atoms with Crippen molar-refractivity contribution < 1.29 is 4.52 Å². The first-order valence-corrected chi connectivity index (χ1v) is 6.16. The van der Waals surface area contributed by atoms with E-state index >= 15 is 0 Å². The maximum atomic E-state index is 5.83. The van der Waals surface area contributed by atoms with Crippen molar-refractivity contribution in [3.8, 4) is 0 Å². The quantitative estimate of drug-likeness (QED) is 0.875. The van der Waals surface area contributed by atoms with Crippen molar-refractivity contribution in [2.24, 2.45) is 0 Å². The first kappa shape index (κ1) is 11.2. The molecule has 1 aliphatic rings. The number of nitrogen functional groups attached to an aromatic ring is 1. The standard InChI is InChI=1S/C11H16N6O/c1-6(2)11-13-8(15-18-11)5-17-9(7-3-4-7)10(12)14-16-17/h6-7H,3-5,12H2,1-2H3. The maximum Gasteiger partial charge on any atom is 0.229 e. The van der Waals surface area contributed by atoms with Gasteiger partial charge in [-0.2, -0.15) is 4.98 Å². The summed E-state index contributed by atoms with van der Waals surface area (Å²) in [5.41, 5.74) is 6.84. The molecule has 2 aromatic rings. The van der Waals surface area contributed by atoms with Crippen LogP contribution in [0.3, 0.4) is 0 Å². The van der Waals surface area contributed by atoms with Gasteiger partial charge in [-0.15, -0.1) is 5.10 Å². The van der Waals surface area contributed by atoms with E-state index in [1.165, 1.54) is 0 Å². The van der Waals surface area contributed by atoms with Crippen LogP contribution in [0.4, 0.5) is 5.82 Å². The van der Waals surface area contributed by atoms with E-state index in [0.717, 1.165) is 18.5 Å². The summed E-state index contributed by atoms with van der Waals surface area (Å²) in [6, 6.07) is 0. The first-order chi connectivity index (χ1) is 8.65. The maximum absolute atomic E-state index is 5.83. The summed E-state index contributed by atoms with van der Waals surface area (Å²) in [6.07, 6.45) is 2.31. The zero-order valence-corrected chi connectivity index (χ0v) is 10.5. The summed E-state index contributed by atoms with van der Waals surface area (Å²) in [4.78, 5) is 4.33. The van der Waals surface area contributed by atoms with Crippen molar-refractivity contribution in [1.29, 1.82) is 0 Å². The number of rotatable bonds is 4. The third-order valence-electron chi connectivity index (χ3n) is 3.03. The van der Waals surface area contributed by atoms with E-state index in [0.29, 0.717) is 30.0 Å². The molecule has 0 aromatic carbocycles. The Kier molecular flexibility index (Phi) is 2.53. The number of aromatic nitrogens is 5. The predicted molar refractivity (Wildman–Crippen MR) is 63.9 cm³/mol. The summed E-state index contributed by atoms with van der Waals surface area (Å²) < 4.78 is 6.95. The van der Waals surface area contributed by atoms with Gasteiger partial charge in [0, 0.05) is 11.8 Å². The van der Waals surface area contributed by atoms with Crippen LogP contribution in [-0.2, 0) is 6.54 Å². The molecule has 7 nitrogen and oxygen atoms in total. The molecule has 1 saturated carbocycles. The molecule has 0 amide bonds. The van der Waals surface area contributed by atoms with Gasteiger partial charge in [-0.05, 0) is 12.8 Å². The first-order valence-electron chi connectivity index (χ1n) is 6.16. The van der Waals surface area contributed by atoms with Crippen LogP contribution >= 0.6 is 0 Å². The number of hydrogen-bond acceptors (Lipinski definition) is 6. The van der Waals surface area contributed by atoms with Crippen LogP contribution in [0.1, 0.15) is 55.9 Å². The van der Waals surface area contributed by atoms with Crippen LogP contribution in [0.2, 0.25) is 0 Å². The van der Waals surface area contributed by atoms with Crippen molar-refractivity contribution in [2.45, 2.75) is 45.1 Å². The fourth-order valence-corrected chi connectivity index (χ4v) is 1.93. The van der Waals surface area contributed by atoms with E-state index in [2.05, 4.69) is 20.5 Å². The molecule has 0 bridgehead atoms. The molecule has 0 atom stereocenters. The van der Waals surface area contributed by atoms with Crippen molar-refractivity contribution in [1.82, 2.24) is 25.1 Å². The van der Waals surface area contributed by atoms with Crippen LogP contribution in [0.25, 0.3) is 0 Å². The van der Waals surface area contributed by atoms with Crippen molar-refractivity contribution >= 4 is 5.82 Å². The molecule has 0 radical (unpaired) electrons. The molecule has 0 spiro atoms. The number of nitrogens with two attached hydrogens (primary N) is 1. The lowest BCUT2D eigenvalue weighted by Crippen LogP contribution is -2.08. The Morgan fingerprint density at radius 1 is 1.44 bits per heavy atom. The molecule has 2 aromatic heterocycles. The van der Waals surface area contributed by atoms with Crippen molar-refractivity contribution in [3.63, 3.8) is 0 Å². The molecule has 1 fully saturated rings. The minimum Gasteiger partial charge on any atom is -0.381 e. The number of anilines is 1. The van der Waals surface area contributed by atoms with Gasteiger partial charge in [-0.1, -0.05) is 24.2 Å². The number of hydrogen-bond donors (Lipinski definition) is 1. The average Bonchev–Trinajstić information content (AvgIpc) is 2.93. The van der Waals surface area contributed by atoms with Gasteiger partial charge in [0.1, 0.15) is 6.54 Å². The molecule has 96 valence electrons. The molecule has 7 heteroatoms. The topological polar surface area (TPSA) is 95.7 Å². The van der Waals surface area contributed by atoms with Gasteiger partial charge in [-0.3, -0.25) is 0 Å². The lowest BCUT2D eigenvalue weighted by atomic mass is 10.2. The van der Waals surface area contributed by atoms with Gasteiger partial charge < -0.3 is 10.3 Å². The Labute approximate surface area is 104 Å². The minimum absolute atomic E-state index is 0.231. The SMILES string of the molecule is CC(C)c1nc(Cn2nnc(N)c2C2CC2)no1. The van der Waals surface area contributed by atoms with E-state index in [4.69, 9.17) is 10.3 Å². The molecule has 18 heavy (non-hydrogen) atoms. The van der Waals surface area contributed by atoms with Crippen LogP contribution in [-0.4, -0.2) is 25.1 Å². The minimum atomic E-state index is 0.231. The second kappa shape index (κ2) is 4.08. The highest BCUT2D eigenvalue weighted by Crippen LogP contribution is 2.41. The Morgan fingerprint density at radius 2 is 2.22 bits per heavy atom. The molecule has 3 rings (SSSR count). The van der Waals surface area contributed by atoms with Gasteiger partial charge in [0.25, 0.3) is 0 Å². The van der Waals surface area contributed by atoms with E-state index < -0.39 is 0 Å².